The van der Waals surface area contributed by atoms with E-state index >= 15 is 0 Å². The average molecular weight is 253 g/mol. The van der Waals surface area contributed by atoms with Crippen LogP contribution in [0.5, 0.6) is 0 Å². The third-order valence-electron chi connectivity index (χ3n) is 3.48. The molecule has 0 saturated heterocycles. The Bertz CT molecular complexity index is 457. The van der Waals surface area contributed by atoms with Gasteiger partial charge in [0.15, 0.2) is 0 Å². The highest BCUT2D eigenvalue weighted by Crippen LogP contribution is 2.50. The molecule has 92 valence electrons. The maximum Gasteiger partial charge on any atom is 0.251 e. The Morgan fingerprint density at radius 3 is 2.76 bits per heavy atom. The molecule has 1 atom stereocenters. The SMILES string of the molecule is CC1(C)CC1CNC(=O)c1ccc(Cl)c(N)c1. The summed E-state index contributed by atoms with van der Waals surface area (Å²) in [5.74, 6) is 0.507. The topological polar surface area (TPSA) is 55.1 Å². The maximum absolute atomic E-state index is 11.8. The van der Waals surface area contributed by atoms with E-state index in [9.17, 15) is 4.79 Å². The first-order valence-corrected chi connectivity index (χ1v) is 6.11. The first kappa shape index (κ1) is 12.2. The summed E-state index contributed by atoms with van der Waals surface area (Å²) >= 11 is 5.80. The van der Waals surface area contributed by atoms with Crippen molar-refractivity contribution in [3.05, 3.63) is 28.8 Å². The van der Waals surface area contributed by atoms with Gasteiger partial charge >= 0.3 is 0 Å². The highest BCUT2D eigenvalue weighted by Gasteiger charge is 2.45. The standard InChI is InChI=1S/C13H17ClN2O/c1-13(2)6-9(13)7-16-12(17)8-3-4-10(14)11(15)5-8/h3-5,9H,6-7,15H2,1-2H3,(H,16,17). The van der Waals surface area contributed by atoms with Crippen LogP contribution < -0.4 is 11.1 Å². The summed E-state index contributed by atoms with van der Waals surface area (Å²) in [6.45, 7) is 5.16. The number of benzene rings is 1. The minimum atomic E-state index is -0.0870. The Labute approximate surface area is 106 Å². The van der Waals surface area contributed by atoms with E-state index in [0.29, 0.717) is 27.6 Å². The molecule has 0 aliphatic heterocycles. The second-order valence-corrected chi connectivity index (χ2v) is 5.74. The molecule has 3 nitrogen and oxygen atoms in total. The fourth-order valence-electron chi connectivity index (χ4n) is 1.93. The van der Waals surface area contributed by atoms with Crippen LogP contribution in [0, 0.1) is 11.3 Å². The van der Waals surface area contributed by atoms with Gasteiger partial charge in [0, 0.05) is 12.1 Å². The first-order chi connectivity index (χ1) is 7.90. The van der Waals surface area contributed by atoms with E-state index in [4.69, 9.17) is 17.3 Å². The largest absolute Gasteiger partial charge is 0.398 e. The van der Waals surface area contributed by atoms with Crippen molar-refractivity contribution < 1.29 is 4.79 Å². The molecule has 3 N–H and O–H groups in total. The van der Waals surface area contributed by atoms with E-state index < -0.39 is 0 Å². The predicted octanol–water partition coefficient (Wildman–Crippen LogP) is 2.70. The highest BCUT2D eigenvalue weighted by molar-refractivity contribution is 6.33. The van der Waals surface area contributed by atoms with Crippen LogP contribution in [0.15, 0.2) is 18.2 Å². The molecule has 0 spiro atoms. The number of carbonyl (C=O) groups excluding carboxylic acids is 1. The molecule has 0 bridgehead atoms. The van der Waals surface area contributed by atoms with Gasteiger partial charge in [-0.3, -0.25) is 4.79 Å². The average Bonchev–Trinajstić information content (AvgIpc) is 2.87. The van der Waals surface area contributed by atoms with Crippen LogP contribution in [0.4, 0.5) is 5.69 Å². The number of nitrogens with one attached hydrogen (secondary N) is 1. The van der Waals surface area contributed by atoms with E-state index in [-0.39, 0.29) is 5.91 Å². The number of nitrogen functional groups attached to an aromatic ring is 1. The minimum absolute atomic E-state index is 0.0870. The lowest BCUT2D eigenvalue weighted by atomic mass is 10.1. The van der Waals surface area contributed by atoms with Crippen molar-refractivity contribution in [2.24, 2.45) is 11.3 Å². The molecule has 0 radical (unpaired) electrons. The van der Waals surface area contributed by atoms with Crippen molar-refractivity contribution in [1.82, 2.24) is 5.32 Å². The number of halogens is 1. The van der Waals surface area contributed by atoms with Gasteiger partial charge in [-0.25, -0.2) is 0 Å². The van der Waals surface area contributed by atoms with Crippen LogP contribution in [0.2, 0.25) is 5.02 Å². The summed E-state index contributed by atoms with van der Waals surface area (Å²) in [7, 11) is 0. The van der Waals surface area contributed by atoms with Gasteiger partial charge in [-0.1, -0.05) is 25.4 Å². The van der Waals surface area contributed by atoms with Crippen molar-refractivity contribution in [1.29, 1.82) is 0 Å². The van der Waals surface area contributed by atoms with Crippen molar-refractivity contribution in [3.63, 3.8) is 0 Å². The fourth-order valence-corrected chi connectivity index (χ4v) is 2.05. The molecule has 1 aliphatic carbocycles. The molecule has 1 aromatic carbocycles. The summed E-state index contributed by atoms with van der Waals surface area (Å²) in [4.78, 5) is 11.8. The Morgan fingerprint density at radius 2 is 2.24 bits per heavy atom. The first-order valence-electron chi connectivity index (χ1n) is 5.73. The zero-order valence-corrected chi connectivity index (χ0v) is 10.8. The number of rotatable bonds is 3. The summed E-state index contributed by atoms with van der Waals surface area (Å²) in [6.07, 6.45) is 1.18. The van der Waals surface area contributed by atoms with Gasteiger partial charge in [-0.2, -0.15) is 0 Å². The molecular weight excluding hydrogens is 236 g/mol. The van der Waals surface area contributed by atoms with E-state index in [1.807, 2.05) is 0 Å². The number of amides is 1. The maximum atomic E-state index is 11.8. The Kier molecular flexibility index (Phi) is 3.04. The van der Waals surface area contributed by atoms with E-state index in [1.165, 1.54) is 6.42 Å². The molecule has 1 aromatic rings. The molecule has 0 heterocycles. The molecule has 0 aromatic heterocycles. The summed E-state index contributed by atoms with van der Waals surface area (Å²) in [6, 6.07) is 4.94. The number of hydrogen-bond acceptors (Lipinski definition) is 2. The lowest BCUT2D eigenvalue weighted by Crippen LogP contribution is -2.26. The Hall–Kier alpha value is -1.22. The van der Waals surface area contributed by atoms with Gasteiger partial charge in [0.2, 0.25) is 0 Å². The lowest BCUT2D eigenvalue weighted by Gasteiger charge is -2.07. The third kappa shape index (κ3) is 2.72. The Morgan fingerprint density at radius 1 is 1.59 bits per heavy atom. The normalized spacial score (nSPS) is 21.0. The van der Waals surface area contributed by atoms with Gasteiger partial charge in [0.05, 0.1) is 10.7 Å². The van der Waals surface area contributed by atoms with Gasteiger partial charge < -0.3 is 11.1 Å². The van der Waals surface area contributed by atoms with Crippen LogP contribution in [-0.2, 0) is 0 Å². The van der Waals surface area contributed by atoms with Crippen LogP contribution in [0.3, 0.4) is 0 Å². The Balaban J connectivity index is 1.93. The quantitative estimate of drug-likeness (QED) is 0.813. The van der Waals surface area contributed by atoms with Crippen molar-refractivity contribution >= 4 is 23.2 Å². The lowest BCUT2D eigenvalue weighted by molar-refractivity contribution is 0.0950. The molecule has 17 heavy (non-hydrogen) atoms. The van der Waals surface area contributed by atoms with Crippen molar-refractivity contribution in [3.8, 4) is 0 Å². The fraction of sp³-hybridized carbons (Fsp3) is 0.462. The molecule has 2 rings (SSSR count). The zero-order valence-electron chi connectivity index (χ0n) is 10.1. The van der Waals surface area contributed by atoms with Crippen LogP contribution in [-0.4, -0.2) is 12.5 Å². The third-order valence-corrected chi connectivity index (χ3v) is 3.83. The van der Waals surface area contributed by atoms with Crippen LogP contribution in [0.1, 0.15) is 30.6 Å². The summed E-state index contributed by atoms with van der Waals surface area (Å²) < 4.78 is 0. The van der Waals surface area contributed by atoms with E-state index in [2.05, 4.69) is 19.2 Å². The molecule has 1 aliphatic rings. The molecule has 1 fully saturated rings. The number of anilines is 1. The predicted molar refractivity (Wildman–Crippen MR) is 70.1 cm³/mol. The molecular formula is C13H17ClN2O. The van der Waals surface area contributed by atoms with Gasteiger partial charge in [-0.05, 0) is 36.0 Å². The van der Waals surface area contributed by atoms with Crippen LogP contribution >= 0.6 is 11.6 Å². The minimum Gasteiger partial charge on any atom is -0.398 e. The van der Waals surface area contributed by atoms with Crippen LogP contribution in [0.25, 0.3) is 0 Å². The second-order valence-electron chi connectivity index (χ2n) is 5.34. The monoisotopic (exact) mass is 252 g/mol. The number of nitrogens with two attached hydrogens (primary N) is 1. The van der Waals surface area contributed by atoms with E-state index in [0.717, 1.165) is 6.54 Å². The molecule has 4 heteroatoms. The molecule has 1 amide bonds. The number of hydrogen-bond donors (Lipinski definition) is 2. The summed E-state index contributed by atoms with van der Waals surface area (Å²) in [5.41, 5.74) is 7.04. The van der Waals surface area contributed by atoms with Gasteiger partial charge in [0.1, 0.15) is 0 Å². The summed E-state index contributed by atoms with van der Waals surface area (Å²) in [5, 5.41) is 3.40. The molecule has 1 saturated carbocycles. The highest BCUT2D eigenvalue weighted by atomic mass is 35.5. The van der Waals surface area contributed by atoms with Crippen molar-refractivity contribution in [2.45, 2.75) is 20.3 Å². The van der Waals surface area contributed by atoms with E-state index in [1.54, 1.807) is 18.2 Å². The van der Waals surface area contributed by atoms with Crippen molar-refractivity contribution in [2.75, 3.05) is 12.3 Å². The van der Waals surface area contributed by atoms with Gasteiger partial charge in [0.25, 0.3) is 5.91 Å². The smallest absolute Gasteiger partial charge is 0.251 e. The van der Waals surface area contributed by atoms with Gasteiger partial charge in [-0.15, -0.1) is 0 Å². The second kappa shape index (κ2) is 4.22. The zero-order chi connectivity index (χ0) is 12.6. The number of carbonyl (C=O) groups is 1. The molecule has 1 unspecified atom stereocenters.